The quantitative estimate of drug-likeness (QED) is 0.789. The van der Waals surface area contributed by atoms with Crippen LogP contribution < -0.4 is 10.5 Å². The molecule has 102 valence electrons. The summed E-state index contributed by atoms with van der Waals surface area (Å²) in [5.41, 5.74) is 7.36. The summed E-state index contributed by atoms with van der Waals surface area (Å²) < 4.78 is 11.3. The van der Waals surface area contributed by atoms with E-state index in [0.29, 0.717) is 13.2 Å². The van der Waals surface area contributed by atoms with Crippen molar-refractivity contribution < 1.29 is 9.15 Å². The number of nitrogens with zero attached hydrogens (tertiary/aromatic N) is 1. The molecule has 0 radical (unpaired) electrons. The molecule has 20 heavy (non-hydrogen) atoms. The molecular weight excluding hydrogens is 252 g/mol. The van der Waals surface area contributed by atoms with Crippen LogP contribution in [-0.4, -0.2) is 4.98 Å². The summed E-state index contributed by atoms with van der Waals surface area (Å²) in [6.07, 6.45) is 0. The number of para-hydroxylation sites is 1. The van der Waals surface area contributed by atoms with Crippen molar-refractivity contribution in [3.8, 4) is 5.75 Å². The summed E-state index contributed by atoms with van der Waals surface area (Å²) in [6, 6.07) is 13.7. The number of hydrogen-bond donors (Lipinski definition) is 1. The van der Waals surface area contributed by atoms with Gasteiger partial charge < -0.3 is 14.9 Å². The monoisotopic (exact) mass is 268 g/mol. The first kappa shape index (κ1) is 12.7. The van der Waals surface area contributed by atoms with Gasteiger partial charge in [0.05, 0.1) is 6.54 Å². The Morgan fingerprint density at radius 2 is 1.95 bits per heavy atom. The number of rotatable bonds is 4. The van der Waals surface area contributed by atoms with E-state index in [0.717, 1.165) is 33.9 Å². The number of hydrogen-bond acceptors (Lipinski definition) is 4. The third-order valence-corrected chi connectivity index (χ3v) is 3.11. The minimum atomic E-state index is 0.370. The van der Waals surface area contributed by atoms with E-state index >= 15 is 0 Å². The molecule has 0 atom stereocenters. The van der Waals surface area contributed by atoms with E-state index in [4.69, 9.17) is 14.9 Å². The Labute approximate surface area is 117 Å². The van der Waals surface area contributed by atoms with Gasteiger partial charge in [0.15, 0.2) is 0 Å². The highest BCUT2D eigenvalue weighted by molar-refractivity contribution is 5.84. The molecule has 0 saturated carbocycles. The van der Waals surface area contributed by atoms with Crippen LogP contribution in [0.5, 0.6) is 5.75 Å². The summed E-state index contributed by atoms with van der Waals surface area (Å²) in [5.74, 6) is 2.28. The van der Waals surface area contributed by atoms with Crippen molar-refractivity contribution in [1.29, 1.82) is 0 Å². The van der Waals surface area contributed by atoms with Crippen LogP contribution in [0.4, 0.5) is 0 Å². The van der Waals surface area contributed by atoms with Crippen molar-refractivity contribution in [3.63, 3.8) is 0 Å². The van der Waals surface area contributed by atoms with Gasteiger partial charge in [-0.05, 0) is 31.2 Å². The number of furan rings is 1. The Kier molecular flexibility index (Phi) is 3.39. The highest BCUT2D eigenvalue weighted by Gasteiger charge is 2.06. The van der Waals surface area contributed by atoms with Gasteiger partial charge in [-0.2, -0.15) is 0 Å². The van der Waals surface area contributed by atoms with Gasteiger partial charge in [-0.1, -0.05) is 18.2 Å². The van der Waals surface area contributed by atoms with Crippen molar-refractivity contribution >= 4 is 10.9 Å². The normalized spacial score (nSPS) is 10.9. The zero-order chi connectivity index (χ0) is 13.9. The maximum absolute atomic E-state index is 5.82. The van der Waals surface area contributed by atoms with Gasteiger partial charge in [-0.25, -0.2) is 4.98 Å². The second kappa shape index (κ2) is 5.35. The van der Waals surface area contributed by atoms with E-state index in [9.17, 15) is 0 Å². The molecule has 0 bridgehead atoms. The predicted molar refractivity (Wildman–Crippen MR) is 77.4 cm³/mol. The first-order valence-corrected chi connectivity index (χ1v) is 6.53. The number of ether oxygens (including phenoxy) is 1. The summed E-state index contributed by atoms with van der Waals surface area (Å²) in [5, 5.41) is 1.06. The number of aryl methyl sites for hydroxylation is 1. The molecule has 1 aromatic carbocycles. The molecule has 3 rings (SSSR count). The van der Waals surface area contributed by atoms with E-state index in [1.165, 1.54) is 0 Å². The smallest absolute Gasteiger partial charge is 0.146 e. The van der Waals surface area contributed by atoms with Crippen LogP contribution >= 0.6 is 0 Å². The minimum absolute atomic E-state index is 0.370. The van der Waals surface area contributed by atoms with Gasteiger partial charge >= 0.3 is 0 Å². The lowest BCUT2D eigenvalue weighted by molar-refractivity contribution is 0.268. The fourth-order valence-corrected chi connectivity index (χ4v) is 2.09. The number of nitrogens with two attached hydrogens (primary N) is 1. The number of aromatic nitrogens is 1. The number of fused-ring (bicyclic) bond motifs is 1. The molecule has 0 aliphatic heterocycles. The van der Waals surface area contributed by atoms with E-state index in [2.05, 4.69) is 4.98 Å². The minimum Gasteiger partial charge on any atom is -0.483 e. The van der Waals surface area contributed by atoms with Crippen molar-refractivity contribution in [3.05, 3.63) is 59.7 Å². The van der Waals surface area contributed by atoms with Crippen molar-refractivity contribution in [1.82, 2.24) is 4.98 Å². The molecule has 2 aromatic heterocycles. The van der Waals surface area contributed by atoms with Crippen LogP contribution in [-0.2, 0) is 13.2 Å². The fraction of sp³-hybridized carbons (Fsp3) is 0.188. The standard InChI is InChI=1S/C16H16N2O2/c1-11-5-6-12-3-2-4-15(16(12)18-11)19-10-14-8-7-13(9-17)20-14/h2-8H,9-10,17H2,1H3. The van der Waals surface area contributed by atoms with E-state index in [-0.39, 0.29) is 0 Å². The van der Waals surface area contributed by atoms with Crippen molar-refractivity contribution in [2.24, 2.45) is 5.73 Å². The van der Waals surface area contributed by atoms with Crippen LogP contribution in [0, 0.1) is 6.92 Å². The first-order chi connectivity index (χ1) is 9.76. The third-order valence-electron chi connectivity index (χ3n) is 3.11. The lowest BCUT2D eigenvalue weighted by Crippen LogP contribution is -1.97. The Hall–Kier alpha value is -2.33. The Balaban J connectivity index is 1.85. The number of benzene rings is 1. The van der Waals surface area contributed by atoms with Gasteiger partial charge in [0.2, 0.25) is 0 Å². The zero-order valence-electron chi connectivity index (χ0n) is 11.3. The van der Waals surface area contributed by atoms with E-state index < -0.39 is 0 Å². The third kappa shape index (κ3) is 2.51. The molecule has 2 heterocycles. The molecule has 0 saturated heterocycles. The second-order valence-electron chi connectivity index (χ2n) is 4.64. The summed E-state index contributed by atoms with van der Waals surface area (Å²) in [6.45, 7) is 2.74. The SMILES string of the molecule is Cc1ccc2cccc(OCc3ccc(CN)o3)c2n1. The van der Waals surface area contributed by atoms with Crippen LogP contribution in [0.1, 0.15) is 17.2 Å². The van der Waals surface area contributed by atoms with Crippen LogP contribution in [0.25, 0.3) is 10.9 Å². The van der Waals surface area contributed by atoms with Gasteiger partial charge in [0, 0.05) is 11.1 Å². The average molecular weight is 268 g/mol. The summed E-state index contributed by atoms with van der Waals surface area (Å²) in [7, 11) is 0. The van der Waals surface area contributed by atoms with E-state index in [1.54, 1.807) is 0 Å². The molecule has 4 heteroatoms. The Morgan fingerprint density at radius 3 is 2.75 bits per heavy atom. The van der Waals surface area contributed by atoms with E-state index in [1.807, 2.05) is 49.4 Å². The van der Waals surface area contributed by atoms with Crippen molar-refractivity contribution in [2.75, 3.05) is 0 Å². The number of pyridine rings is 1. The molecule has 0 unspecified atom stereocenters. The van der Waals surface area contributed by atoms with Gasteiger partial charge in [-0.3, -0.25) is 0 Å². The van der Waals surface area contributed by atoms with Crippen LogP contribution in [0.3, 0.4) is 0 Å². The molecule has 0 aliphatic carbocycles. The maximum Gasteiger partial charge on any atom is 0.146 e. The second-order valence-corrected chi connectivity index (χ2v) is 4.64. The molecule has 3 aromatic rings. The average Bonchev–Trinajstić information content (AvgIpc) is 2.93. The molecule has 4 nitrogen and oxygen atoms in total. The molecule has 2 N–H and O–H groups in total. The van der Waals surface area contributed by atoms with Gasteiger partial charge in [0.1, 0.15) is 29.4 Å². The van der Waals surface area contributed by atoms with Gasteiger partial charge in [0.25, 0.3) is 0 Å². The zero-order valence-corrected chi connectivity index (χ0v) is 11.3. The maximum atomic E-state index is 5.82. The summed E-state index contributed by atoms with van der Waals surface area (Å²) >= 11 is 0. The lowest BCUT2D eigenvalue weighted by atomic mass is 10.2. The molecule has 0 amide bonds. The summed E-state index contributed by atoms with van der Waals surface area (Å²) in [4.78, 5) is 4.53. The largest absolute Gasteiger partial charge is 0.483 e. The molecule has 0 fully saturated rings. The highest BCUT2D eigenvalue weighted by Crippen LogP contribution is 2.25. The molecular formula is C16H16N2O2. The Morgan fingerprint density at radius 1 is 1.10 bits per heavy atom. The highest BCUT2D eigenvalue weighted by atomic mass is 16.5. The predicted octanol–water partition coefficient (Wildman–Crippen LogP) is 3.17. The van der Waals surface area contributed by atoms with Gasteiger partial charge in [-0.15, -0.1) is 0 Å². The van der Waals surface area contributed by atoms with Crippen molar-refractivity contribution in [2.45, 2.75) is 20.1 Å². The topological polar surface area (TPSA) is 61.3 Å². The fourth-order valence-electron chi connectivity index (χ4n) is 2.09. The molecule has 0 aliphatic rings. The van der Waals surface area contributed by atoms with Crippen LogP contribution in [0.2, 0.25) is 0 Å². The lowest BCUT2D eigenvalue weighted by Gasteiger charge is -2.08. The molecule has 0 spiro atoms. The Bertz CT molecular complexity index is 734. The van der Waals surface area contributed by atoms with Crippen LogP contribution in [0.15, 0.2) is 46.9 Å². The first-order valence-electron chi connectivity index (χ1n) is 6.53.